The molecule has 1 heterocycles. The van der Waals surface area contributed by atoms with Crippen LogP contribution >= 0.6 is 23.2 Å². The summed E-state index contributed by atoms with van der Waals surface area (Å²) < 4.78 is 15.4. The van der Waals surface area contributed by atoms with Crippen LogP contribution in [0.5, 0.6) is 5.88 Å². The van der Waals surface area contributed by atoms with E-state index in [1.807, 2.05) is 0 Å². The number of aromatic nitrogens is 1. The van der Waals surface area contributed by atoms with Crippen LogP contribution in [0.25, 0.3) is 0 Å². The Morgan fingerprint density at radius 3 is 2.65 bits per heavy atom. The van der Waals surface area contributed by atoms with Crippen LogP contribution in [0, 0.1) is 0 Å². The van der Waals surface area contributed by atoms with Crippen molar-refractivity contribution in [3.05, 3.63) is 22.8 Å². The van der Waals surface area contributed by atoms with Crippen LogP contribution in [0.3, 0.4) is 0 Å². The monoisotopic (exact) mass is 279 g/mol. The summed E-state index contributed by atoms with van der Waals surface area (Å²) in [4.78, 5) is 4.06. The highest BCUT2D eigenvalue weighted by Crippen LogP contribution is 2.22. The topological polar surface area (TPSA) is 40.6 Å². The van der Waals surface area contributed by atoms with E-state index in [2.05, 4.69) is 4.98 Å². The third kappa shape index (κ3) is 5.55. The van der Waals surface area contributed by atoms with E-state index in [0.29, 0.717) is 43.2 Å². The molecule has 0 bridgehead atoms. The summed E-state index contributed by atoms with van der Waals surface area (Å²) in [5.74, 6) is 0.781. The van der Waals surface area contributed by atoms with Crippen molar-refractivity contribution in [2.75, 3.05) is 33.5 Å². The average Bonchev–Trinajstić information content (AvgIpc) is 2.35. The van der Waals surface area contributed by atoms with Gasteiger partial charge in [0.25, 0.3) is 0 Å². The standard InChI is InChI=1S/C11H15Cl2NO3/c1-15-2-3-16-4-5-17-11-10(13)6-9(7-12)8-14-11/h6,8H,2-5,7H2,1H3. The normalized spacial score (nSPS) is 10.5. The number of rotatable bonds is 8. The first kappa shape index (κ1) is 14.5. The second-order valence-corrected chi connectivity index (χ2v) is 3.89. The fourth-order valence-corrected chi connectivity index (χ4v) is 1.48. The first-order valence-electron chi connectivity index (χ1n) is 5.17. The summed E-state index contributed by atoms with van der Waals surface area (Å²) in [6.07, 6.45) is 1.64. The molecule has 0 aliphatic heterocycles. The van der Waals surface area contributed by atoms with Gasteiger partial charge in [-0.3, -0.25) is 0 Å². The second-order valence-electron chi connectivity index (χ2n) is 3.22. The summed E-state index contributed by atoms with van der Waals surface area (Å²) in [6, 6.07) is 1.74. The van der Waals surface area contributed by atoms with Crippen molar-refractivity contribution >= 4 is 23.2 Å². The van der Waals surface area contributed by atoms with E-state index < -0.39 is 0 Å². The van der Waals surface area contributed by atoms with Crippen LogP contribution in [0.15, 0.2) is 12.3 Å². The number of halogens is 2. The lowest BCUT2D eigenvalue weighted by atomic mass is 10.3. The molecule has 0 saturated heterocycles. The van der Waals surface area contributed by atoms with E-state index in [1.165, 1.54) is 0 Å². The maximum atomic E-state index is 5.96. The summed E-state index contributed by atoms with van der Waals surface area (Å²) in [5, 5.41) is 0.458. The average molecular weight is 280 g/mol. The molecule has 0 saturated carbocycles. The number of hydrogen-bond acceptors (Lipinski definition) is 4. The summed E-state index contributed by atoms with van der Waals surface area (Å²) in [7, 11) is 1.63. The number of nitrogens with zero attached hydrogens (tertiary/aromatic N) is 1. The van der Waals surface area contributed by atoms with Gasteiger partial charge in [-0.25, -0.2) is 4.98 Å². The largest absolute Gasteiger partial charge is 0.474 e. The summed E-state index contributed by atoms with van der Waals surface area (Å²) >= 11 is 11.6. The zero-order valence-corrected chi connectivity index (χ0v) is 11.1. The first-order chi connectivity index (χ1) is 8.27. The van der Waals surface area contributed by atoms with Crippen molar-refractivity contribution in [1.82, 2.24) is 4.98 Å². The number of methoxy groups -OCH3 is 1. The highest BCUT2D eigenvalue weighted by Gasteiger charge is 2.04. The predicted octanol–water partition coefficient (Wildman–Crippen LogP) is 2.52. The third-order valence-electron chi connectivity index (χ3n) is 1.92. The van der Waals surface area contributed by atoms with Crippen LogP contribution < -0.4 is 4.74 Å². The Bertz CT molecular complexity index is 336. The lowest BCUT2D eigenvalue weighted by molar-refractivity contribution is 0.0537. The maximum Gasteiger partial charge on any atom is 0.232 e. The number of pyridine rings is 1. The quantitative estimate of drug-likeness (QED) is 0.542. The first-order valence-corrected chi connectivity index (χ1v) is 6.09. The zero-order chi connectivity index (χ0) is 12.5. The number of hydrogen-bond donors (Lipinski definition) is 0. The minimum absolute atomic E-state index is 0.382. The van der Waals surface area contributed by atoms with Crippen LogP contribution in [-0.2, 0) is 15.4 Å². The zero-order valence-electron chi connectivity index (χ0n) is 9.62. The molecule has 1 aromatic heterocycles. The molecular formula is C11H15Cl2NO3. The van der Waals surface area contributed by atoms with Gasteiger partial charge in [-0.15, -0.1) is 11.6 Å². The van der Waals surface area contributed by atoms with E-state index in [-0.39, 0.29) is 0 Å². The minimum Gasteiger partial charge on any atom is -0.474 e. The maximum absolute atomic E-state index is 5.96. The van der Waals surface area contributed by atoms with Crippen LogP contribution in [0.2, 0.25) is 5.02 Å². The Kier molecular flexibility index (Phi) is 7.28. The smallest absolute Gasteiger partial charge is 0.232 e. The molecule has 0 fully saturated rings. The van der Waals surface area contributed by atoms with Crippen molar-refractivity contribution in [2.45, 2.75) is 5.88 Å². The summed E-state index contributed by atoms with van der Waals surface area (Å²) in [6.45, 7) is 1.99. The van der Waals surface area contributed by atoms with Gasteiger partial charge in [0.1, 0.15) is 11.6 Å². The van der Waals surface area contributed by atoms with Gasteiger partial charge in [-0.2, -0.15) is 0 Å². The Morgan fingerprint density at radius 2 is 2.00 bits per heavy atom. The second kappa shape index (κ2) is 8.53. The predicted molar refractivity (Wildman–Crippen MR) is 67.0 cm³/mol. The Hall–Kier alpha value is -0.550. The van der Waals surface area contributed by atoms with Crippen molar-refractivity contribution in [2.24, 2.45) is 0 Å². The number of ether oxygens (including phenoxy) is 3. The molecule has 1 aromatic rings. The summed E-state index contributed by atoms with van der Waals surface area (Å²) in [5.41, 5.74) is 0.861. The van der Waals surface area contributed by atoms with Crippen LogP contribution in [0.1, 0.15) is 5.56 Å². The highest BCUT2D eigenvalue weighted by atomic mass is 35.5. The Labute approximate surface area is 111 Å². The highest BCUT2D eigenvalue weighted by molar-refractivity contribution is 6.32. The van der Waals surface area contributed by atoms with Crippen LogP contribution in [-0.4, -0.2) is 38.5 Å². The third-order valence-corrected chi connectivity index (χ3v) is 2.50. The molecule has 0 N–H and O–H groups in total. The van der Waals surface area contributed by atoms with Crippen molar-refractivity contribution < 1.29 is 14.2 Å². The minimum atomic E-state index is 0.382. The molecule has 17 heavy (non-hydrogen) atoms. The molecule has 4 nitrogen and oxygen atoms in total. The van der Waals surface area contributed by atoms with E-state index in [0.717, 1.165) is 5.56 Å². The molecule has 0 unspecified atom stereocenters. The molecule has 0 aliphatic carbocycles. The van der Waals surface area contributed by atoms with E-state index in [9.17, 15) is 0 Å². The Morgan fingerprint density at radius 1 is 1.24 bits per heavy atom. The molecular weight excluding hydrogens is 265 g/mol. The number of alkyl halides is 1. The van der Waals surface area contributed by atoms with Gasteiger partial charge in [-0.1, -0.05) is 11.6 Å². The van der Waals surface area contributed by atoms with E-state index >= 15 is 0 Å². The van der Waals surface area contributed by atoms with Gasteiger partial charge < -0.3 is 14.2 Å². The van der Waals surface area contributed by atoms with Gasteiger partial charge in [-0.05, 0) is 11.6 Å². The van der Waals surface area contributed by atoms with Gasteiger partial charge in [0.15, 0.2) is 0 Å². The van der Waals surface area contributed by atoms with Gasteiger partial charge in [0.05, 0.1) is 19.8 Å². The molecule has 6 heteroatoms. The van der Waals surface area contributed by atoms with Crippen molar-refractivity contribution in [1.29, 1.82) is 0 Å². The Balaban J connectivity index is 2.27. The fourth-order valence-electron chi connectivity index (χ4n) is 1.09. The SMILES string of the molecule is COCCOCCOc1ncc(CCl)cc1Cl. The molecule has 96 valence electrons. The lowest BCUT2D eigenvalue weighted by Gasteiger charge is -2.08. The van der Waals surface area contributed by atoms with E-state index in [1.54, 1.807) is 19.4 Å². The fraction of sp³-hybridized carbons (Fsp3) is 0.545. The molecule has 1 rings (SSSR count). The van der Waals surface area contributed by atoms with Crippen molar-refractivity contribution in [3.63, 3.8) is 0 Å². The van der Waals surface area contributed by atoms with Crippen LogP contribution in [0.4, 0.5) is 0 Å². The van der Waals surface area contributed by atoms with E-state index in [4.69, 9.17) is 37.4 Å². The van der Waals surface area contributed by atoms with Crippen molar-refractivity contribution in [3.8, 4) is 5.88 Å². The molecule has 0 radical (unpaired) electrons. The molecule has 0 aliphatic rings. The van der Waals surface area contributed by atoms with Gasteiger partial charge in [0.2, 0.25) is 5.88 Å². The molecule has 0 amide bonds. The van der Waals surface area contributed by atoms with Gasteiger partial charge in [0, 0.05) is 19.2 Å². The molecule has 0 spiro atoms. The molecule has 0 aromatic carbocycles. The lowest BCUT2D eigenvalue weighted by Crippen LogP contribution is -2.10. The molecule has 0 atom stereocenters. The van der Waals surface area contributed by atoms with Gasteiger partial charge >= 0.3 is 0 Å².